The van der Waals surface area contributed by atoms with Crippen molar-refractivity contribution >= 4 is 35.3 Å². The van der Waals surface area contributed by atoms with Crippen molar-refractivity contribution in [3.63, 3.8) is 0 Å². The van der Waals surface area contributed by atoms with E-state index in [9.17, 15) is 32.3 Å². The molecule has 1 fully saturated rings. The number of benzene rings is 1. The van der Waals surface area contributed by atoms with E-state index in [1.807, 2.05) is 0 Å². The Kier molecular flexibility index (Phi) is 8.51. The van der Waals surface area contributed by atoms with Crippen LogP contribution in [0.3, 0.4) is 0 Å². The standard InChI is InChI=1S/C18H22N4O4.C2HF3O2/c19-9-2-1-6-15(23)20-13-5-3-4-11-12(13)10-22(18(11)26)14-7-8-16(24)21-17(14)25;3-2(4,5)1(6)7/h3-5,14H,1-2,6-10,19H2,(H,20,23)(H,21,24,25);(H,6,7). The number of nitrogens with two attached hydrogens (primary N) is 1. The second-order valence-electron chi connectivity index (χ2n) is 7.33. The van der Waals surface area contributed by atoms with Crippen LogP contribution in [0.4, 0.5) is 18.9 Å². The Morgan fingerprint density at radius 2 is 1.88 bits per heavy atom. The summed E-state index contributed by atoms with van der Waals surface area (Å²) in [5.41, 5.74) is 7.20. The number of fused-ring (bicyclic) bond motifs is 1. The number of nitrogens with zero attached hydrogens (tertiary/aromatic N) is 1. The number of carboxylic acids is 1. The molecular formula is C20H23F3N4O6. The van der Waals surface area contributed by atoms with Crippen molar-refractivity contribution in [2.45, 2.75) is 50.9 Å². The first-order chi connectivity index (χ1) is 15.5. The molecule has 1 saturated heterocycles. The molecule has 10 nitrogen and oxygen atoms in total. The maximum Gasteiger partial charge on any atom is 0.490 e. The lowest BCUT2D eigenvalue weighted by Crippen LogP contribution is -2.52. The van der Waals surface area contributed by atoms with Gasteiger partial charge >= 0.3 is 12.1 Å². The van der Waals surface area contributed by atoms with E-state index in [1.54, 1.807) is 18.2 Å². The van der Waals surface area contributed by atoms with Crippen molar-refractivity contribution in [3.8, 4) is 0 Å². The fraction of sp³-hybridized carbons (Fsp3) is 0.450. The van der Waals surface area contributed by atoms with E-state index < -0.39 is 24.1 Å². The molecule has 0 radical (unpaired) electrons. The van der Waals surface area contributed by atoms with Gasteiger partial charge in [0.1, 0.15) is 6.04 Å². The molecular weight excluding hydrogens is 449 g/mol. The van der Waals surface area contributed by atoms with E-state index in [4.69, 9.17) is 15.6 Å². The smallest absolute Gasteiger partial charge is 0.475 e. The molecule has 1 atom stereocenters. The van der Waals surface area contributed by atoms with Gasteiger partial charge in [0.15, 0.2) is 0 Å². The monoisotopic (exact) mass is 472 g/mol. The van der Waals surface area contributed by atoms with Gasteiger partial charge in [-0.1, -0.05) is 6.07 Å². The molecule has 5 N–H and O–H groups in total. The zero-order valence-corrected chi connectivity index (χ0v) is 17.4. The predicted molar refractivity (Wildman–Crippen MR) is 108 cm³/mol. The third kappa shape index (κ3) is 6.75. The minimum absolute atomic E-state index is 0.126. The average Bonchev–Trinajstić information content (AvgIpc) is 3.05. The molecule has 13 heteroatoms. The van der Waals surface area contributed by atoms with Crippen LogP contribution in [0.25, 0.3) is 0 Å². The number of rotatable bonds is 6. The molecule has 4 amide bonds. The van der Waals surface area contributed by atoms with Crippen molar-refractivity contribution < 1.29 is 42.3 Å². The third-order valence-electron chi connectivity index (χ3n) is 4.96. The van der Waals surface area contributed by atoms with Gasteiger partial charge in [-0.3, -0.25) is 24.5 Å². The van der Waals surface area contributed by atoms with Crippen molar-refractivity contribution in [1.82, 2.24) is 10.2 Å². The molecule has 0 bridgehead atoms. The van der Waals surface area contributed by atoms with Crippen LogP contribution >= 0.6 is 0 Å². The van der Waals surface area contributed by atoms with E-state index in [0.717, 1.165) is 6.42 Å². The van der Waals surface area contributed by atoms with Gasteiger partial charge in [-0.2, -0.15) is 13.2 Å². The number of hydrogen-bond acceptors (Lipinski definition) is 6. The molecule has 1 aromatic rings. The molecule has 0 aromatic heterocycles. The summed E-state index contributed by atoms with van der Waals surface area (Å²) in [4.78, 5) is 58.6. The number of carboxylic acid groups (broad SMARTS) is 1. The summed E-state index contributed by atoms with van der Waals surface area (Å²) in [6, 6.07) is 4.48. The van der Waals surface area contributed by atoms with Crippen molar-refractivity contribution in [1.29, 1.82) is 0 Å². The van der Waals surface area contributed by atoms with E-state index in [2.05, 4.69) is 10.6 Å². The molecule has 2 aliphatic rings. The van der Waals surface area contributed by atoms with Gasteiger partial charge in [-0.15, -0.1) is 0 Å². The van der Waals surface area contributed by atoms with Crippen LogP contribution in [-0.2, 0) is 25.7 Å². The van der Waals surface area contributed by atoms with E-state index in [-0.39, 0.29) is 30.7 Å². The number of alkyl halides is 3. The molecule has 33 heavy (non-hydrogen) atoms. The quantitative estimate of drug-likeness (QED) is 0.357. The Bertz CT molecular complexity index is 950. The SMILES string of the molecule is NCCCCC(=O)Nc1cccc2c1CN(C1CCC(=O)NC1=O)C2=O.O=C(O)C(F)(F)F. The van der Waals surface area contributed by atoms with Gasteiger partial charge in [-0.05, 0) is 37.9 Å². The summed E-state index contributed by atoms with van der Waals surface area (Å²) in [7, 11) is 0. The van der Waals surface area contributed by atoms with Crippen molar-refractivity contribution in [3.05, 3.63) is 29.3 Å². The highest BCUT2D eigenvalue weighted by molar-refractivity contribution is 6.06. The normalized spacial score (nSPS) is 17.6. The summed E-state index contributed by atoms with van der Waals surface area (Å²) < 4.78 is 31.7. The number of nitrogens with one attached hydrogen (secondary N) is 2. The molecule has 2 aliphatic heterocycles. The fourth-order valence-electron chi connectivity index (χ4n) is 3.35. The molecule has 0 saturated carbocycles. The predicted octanol–water partition coefficient (Wildman–Crippen LogP) is 1.15. The summed E-state index contributed by atoms with van der Waals surface area (Å²) in [5.74, 6) is -3.91. The Labute approximate surface area is 186 Å². The highest BCUT2D eigenvalue weighted by Gasteiger charge is 2.40. The van der Waals surface area contributed by atoms with Crippen LogP contribution in [0.5, 0.6) is 0 Å². The van der Waals surface area contributed by atoms with Crippen molar-refractivity contribution in [2.24, 2.45) is 5.73 Å². The van der Waals surface area contributed by atoms with E-state index in [0.29, 0.717) is 42.6 Å². The summed E-state index contributed by atoms with van der Waals surface area (Å²) >= 11 is 0. The van der Waals surface area contributed by atoms with Gasteiger partial charge in [0.25, 0.3) is 5.91 Å². The molecule has 1 aromatic carbocycles. The first-order valence-corrected chi connectivity index (χ1v) is 10.0. The van der Waals surface area contributed by atoms with Crippen LogP contribution in [-0.4, -0.2) is 58.4 Å². The van der Waals surface area contributed by atoms with Gasteiger partial charge in [0.05, 0.1) is 0 Å². The van der Waals surface area contributed by atoms with Gasteiger partial charge in [0, 0.05) is 36.2 Å². The topological polar surface area (TPSA) is 159 Å². The Balaban J connectivity index is 0.000000479. The number of imide groups is 1. The second-order valence-corrected chi connectivity index (χ2v) is 7.33. The Morgan fingerprint density at radius 1 is 1.21 bits per heavy atom. The lowest BCUT2D eigenvalue weighted by molar-refractivity contribution is -0.192. The number of hydrogen-bond donors (Lipinski definition) is 4. The lowest BCUT2D eigenvalue weighted by atomic mass is 10.0. The highest BCUT2D eigenvalue weighted by atomic mass is 19.4. The molecule has 0 aliphatic carbocycles. The first kappa shape index (κ1) is 25.8. The van der Waals surface area contributed by atoms with Crippen LogP contribution in [0.1, 0.15) is 48.0 Å². The van der Waals surface area contributed by atoms with Crippen LogP contribution in [0.15, 0.2) is 18.2 Å². The number of carbonyl (C=O) groups is 5. The zero-order chi connectivity index (χ0) is 24.8. The number of amides is 4. The lowest BCUT2D eigenvalue weighted by Gasteiger charge is -2.29. The van der Waals surface area contributed by atoms with Gasteiger partial charge in [0.2, 0.25) is 17.7 Å². The van der Waals surface area contributed by atoms with Crippen LogP contribution in [0, 0.1) is 0 Å². The molecule has 1 unspecified atom stereocenters. The number of piperidine rings is 1. The summed E-state index contributed by atoms with van der Waals surface area (Å²) in [6.07, 6.45) is -2.71. The van der Waals surface area contributed by atoms with Crippen molar-refractivity contribution in [2.75, 3.05) is 11.9 Å². The van der Waals surface area contributed by atoms with E-state index in [1.165, 1.54) is 4.90 Å². The largest absolute Gasteiger partial charge is 0.490 e. The molecule has 180 valence electrons. The van der Waals surface area contributed by atoms with E-state index >= 15 is 0 Å². The number of aliphatic carboxylic acids is 1. The highest BCUT2D eigenvalue weighted by Crippen LogP contribution is 2.32. The maximum absolute atomic E-state index is 12.7. The Hall–Kier alpha value is -3.48. The maximum atomic E-state index is 12.7. The number of halogens is 3. The minimum atomic E-state index is -5.08. The third-order valence-corrected chi connectivity index (χ3v) is 4.96. The summed E-state index contributed by atoms with van der Waals surface area (Å²) in [6.45, 7) is 0.781. The molecule has 2 heterocycles. The summed E-state index contributed by atoms with van der Waals surface area (Å²) in [5, 5.41) is 12.3. The van der Waals surface area contributed by atoms with Crippen LogP contribution in [0.2, 0.25) is 0 Å². The van der Waals surface area contributed by atoms with Gasteiger partial charge in [-0.25, -0.2) is 4.79 Å². The molecule has 3 rings (SSSR count). The van der Waals surface area contributed by atoms with Crippen LogP contribution < -0.4 is 16.4 Å². The average molecular weight is 472 g/mol. The first-order valence-electron chi connectivity index (χ1n) is 10.0. The second kappa shape index (κ2) is 10.9. The number of anilines is 1. The fourth-order valence-corrected chi connectivity index (χ4v) is 3.35. The van der Waals surface area contributed by atoms with Gasteiger partial charge < -0.3 is 21.1 Å². The Morgan fingerprint density at radius 3 is 2.45 bits per heavy atom. The minimum Gasteiger partial charge on any atom is -0.475 e. The molecule has 0 spiro atoms. The zero-order valence-electron chi connectivity index (χ0n) is 17.4. The number of unbranched alkanes of at least 4 members (excludes halogenated alkanes) is 1. The number of carbonyl (C=O) groups excluding carboxylic acids is 4.